The second-order valence-electron chi connectivity index (χ2n) is 10.6. The highest BCUT2D eigenvalue weighted by atomic mass is 35.5. The number of hydrogen-bond donors (Lipinski definition) is 0. The Kier molecular flexibility index (Phi) is 10.1. The number of alkyl halides is 3. The Hall–Kier alpha value is -2.69. The molecule has 0 aliphatic carbocycles. The molecule has 4 rings (SSSR count). The number of carbonyl (C=O) groups excluding carboxylic acids is 2. The van der Waals surface area contributed by atoms with Crippen molar-refractivity contribution < 1.29 is 27.5 Å². The van der Waals surface area contributed by atoms with Crippen LogP contribution >= 0.6 is 11.6 Å². The molecule has 1 saturated heterocycles. The number of pyridine rings is 1. The number of likely N-dealkylation sites (N-methyl/N-ethyl adjacent to an activating group) is 1. The number of nitrogens with zero attached hydrogens (tertiary/aromatic N) is 4. The summed E-state index contributed by atoms with van der Waals surface area (Å²) in [5.74, 6) is -1.34. The van der Waals surface area contributed by atoms with Crippen molar-refractivity contribution in [3.05, 3.63) is 63.9 Å². The zero-order valence-corrected chi connectivity index (χ0v) is 23.7. The lowest BCUT2D eigenvalue weighted by Crippen LogP contribution is -2.54. The molecule has 2 atom stereocenters. The summed E-state index contributed by atoms with van der Waals surface area (Å²) >= 11 is 6.15. The molecular formula is C29H36ClF3N4O3. The van der Waals surface area contributed by atoms with E-state index >= 15 is 0 Å². The van der Waals surface area contributed by atoms with E-state index in [9.17, 15) is 22.8 Å². The number of amides is 2. The second-order valence-corrected chi connectivity index (χ2v) is 11.0. The fourth-order valence-electron chi connectivity index (χ4n) is 5.77. The van der Waals surface area contributed by atoms with E-state index < -0.39 is 35.3 Å². The van der Waals surface area contributed by atoms with Gasteiger partial charge in [-0.3, -0.25) is 14.6 Å². The molecule has 7 nitrogen and oxygen atoms in total. The Morgan fingerprint density at radius 3 is 2.73 bits per heavy atom. The van der Waals surface area contributed by atoms with Gasteiger partial charge in [0.25, 0.3) is 5.91 Å². The number of aromatic nitrogens is 1. The molecule has 2 aromatic rings. The predicted molar refractivity (Wildman–Crippen MR) is 146 cm³/mol. The summed E-state index contributed by atoms with van der Waals surface area (Å²) in [6.07, 6.45) is -0.567. The molecule has 1 aromatic carbocycles. The smallest absolute Gasteiger partial charge is 0.383 e. The normalized spacial score (nSPS) is 19.6. The predicted octanol–water partition coefficient (Wildman–Crippen LogP) is 4.92. The maximum absolute atomic E-state index is 13.9. The summed E-state index contributed by atoms with van der Waals surface area (Å²) in [6, 6.07) is 7.19. The molecule has 1 aromatic heterocycles. The molecule has 0 N–H and O–H groups in total. The van der Waals surface area contributed by atoms with Gasteiger partial charge in [0.2, 0.25) is 5.91 Å². The van der Waals surface area contributed by atoms with Crippen molar-refractivity contribution in [3.63, 3.8) is 0 Å². The minimum absolute atomic E-state index is 0.0621. The molecule has 40 heavy (non-hydrogen) atoms. The van der Waals surface area contributed by atoms with Gasteiger partial charge in [-0.2, -0.15) is 13.2 Å². The van der Waals surface area contributed by atoms with Crippen LogP contribution in [-0.4, -0.2) is 84.5 Å². The number of hydrogen-bond acceptors (Lipinski definition) is 5. The summed E-state index contributed by atoms with van der Waals surface area (Å²) in [6.45, 7) is 3.27. The van der Waals surface area contributed by atoms with Crippen LogP contribution in [0.3, 0.4) is 0 Å². The van der Waals surface area contributed by atoms with Crippen molar-refractivity contribution in [1.82, 2.24) is 19.7 Å². The number of benzene rings is 1. The third kappa shape index (κ3) is 7.14. The highest BCUT2D eigenvalue weighted by Gasteiger charge is 2.43. The first-order valence-corrected chi connectivity index (χ1v) is 14.0. The van der Waals surface area contributed by atoms with E-state index in [4.69, 9.17) is 16.3 Å². The van der Waals surface area contributed by atoms with Crippen molar-refractivity contribution in [2.24, 2.45) is 5.92 Å². The van der Waals surface area contributed by atoms with E-state index in [2.05, 4.69) is 9.88 Å². The lowest BCUT2D eigenvalue weighted by atomic mass is 9.84. The van der Waals surface area contributed by atoms with E-state index in [1.54, 1.807) is 7.11 Å². The Labute approximate surface area is 238 Å². The van der Waals surface area contributed by atoms with Gasteiger partial charge in [0.15, 0.2) is 0 Å². The fourth-order valence-corrected chi connectivity index (χ4v) is 5.96. The highest BCUT2D eigenvalue weighted by molar-refractivity contribution is 6.30. The number of halogens is 4. The third-order valence-corrected chi connectivity index (χ3v) is 8.12. The minimum atomic E-state index is -4.71. The topological polar surface area (TPSA) is 66.0 Å². The van der Waals surface area contributed by atoms with Crippen LogP contribution in [-0.2, 0) is 28.7 Å². The molecule has 11 heteroatoms. The van der Waals surface area contributed by atoms with Crippen molar-refractivity contribution in [2.75, 3.05) is 46.9 Å². The lowest BCUT2D eigenvalue weighted by molar-refractivity contribution is -0.141. The van der Waals surface area contributed by atoms with E-state index in [1.165, 1.54) is 17.2 Å². The quantitative estimate of drug-likeness (QED) is 0.421. The van der Waals surface area contributed by atoms with Gasteiger partial charge < -0.3 is 19.4 Å². The molecular weight excluding hydrogens is 545 g/mol. The van der Waals surface area contributed by atoms with Gasteiger partial charge in [-0.05, 0) is 81.1 Å². The maximum Gasteiger partial charge on any atom is 0.418 e. The average Bonchev–Trinajstić information content (AvgIpc) is 2.94. The molecule has 1 fully saturated rings. The van der Waals surface area contributed by atoms with Gasteiger partial charge in [0.05, 0.1) is 18.1 Å². The zero-order chi connectivity index (χ0) is 28.9. The summed E-state index contributed by atoms with van der Waals surface area (Å²) in [4.78, 5) is 36.8. The Balaban J connectivity index is 1.58. The Bertz CT molecular complexity index is 1200. The first-order chi connectivity index (χ1) is 19.1. The van der Waals surface area contributed by atoms with Crippen LogP contribution in [0.15, 0.2) is 36.5 Å². The van der Waals surface area contributed by atoms with Crippen LogP contribution in [0.4, 0.5) is 13.2 Å². The number of piperidine rings is 1. The molecule has 0 radical (unpaired) electrons. The van der Waals surface area contributed by atoms with E-state index in [0.29, 0.717) is 63.4 Å². The standard InChI is InChI=1S/C29H36ClF3N4O3/c1-35(16-17-40-2)13-5-8-25-23(27(38)36-15-11-20-18-22(30)10-9-21(20)19-36)6-4-14-37(25)28(39)26-24(29(31,32)33)7-3-12-34-26/h3,7,9-10,12,18,23,25H,4-6,8,11,13-17,19H2,1-2H3/t23-,25-/m1/s1. The Morgan fingerprint density at radius 2 is 1.98 bits per heavy atom. The van der Waals surface area contributed by atoms with Gasteiger partial charge in [-0.15, -0.1) is 0 Å². The summed E-state index contributed by atoms with van der Waals surface area (Å²) in [5.41, 5.74) is 0.474. The molecule has 0 spiro atoms. The number of rotatable bonds is 9. The molecule has 2 aliphatic rings. The van der Waals surface area contributed by atoms with Crippen LogP contribution in [0.2, 0.25) is 5.02 Å². The van der Waals surface area contributed by atoms with Crippen molar-refractivity contribution in [2.45, 2.75) is 50.9 Å². The number of methoxy groups -OCH3 is 1. The molecule has 2 amide bonds. The van der Waals surface area contributed by atoms with Gasteiger partial charge in [-0.1, -0.05) is 17.7 Å². The van der Waals surface area contributed by atoms with Crippen LogP contribution < -0.4 is 0 Å². The van der Waals surface area contributed by atoms with Crippen molar-refractivity contribution >= 4 is 23.4 Å². The average molecular weight is 581 g/mol. The van der Waals surface area contributed by atoms with E-state index in [0.717, 1.165) is 23.7 Å². The largest absolute Gasteiger partial charge is 0.418 e. The first-order valence-electron chi connectivity index (χ1n) is 13.7. The van der Waals surface area contributed by atoms with Crippen LogP contribution in [0.5, 0.6) is 0 Å². The van der Waals surface area contributed by atoms with Crippen molar-refractivity contribution in [3.8, 4) is 0 Å². The molecule has 218 valence electrons. The maximum atomic E-state index is 13.9. The van der Waals surface area contributed by atoms with Gasteiger partial charge in [-0.25, -0.2) is 0 Å². The monoisotopic (exact) mass is 580 g/mol. The SMILES string of the molecule is COCCN(C)CCC[C@@H]1[C@H](C(=O)N2CCc3cc(Cl)ccc3C2)CCCN1C(=O)c1ncccc1C(F)(F)F. The van der Waals surface area contributed by atoms with E-state index in [-0.39, 0.29) is 12.5 Å². The second kappa shape index (κ2) is 13.3. The van der Waals surface area contributed by atoms with Gasteiger partial charge >= 0.3 is 6.18 Å². The first kappa shape index (κ1) is 30.3. The summed E-state index contributed by atoms with van der Waals surface area (Å²) in [7, 11) is 3.60. The third-order valence-electron chi connectivity index (χ3n) is 7.88. The number of fused-ring (bicyclic) bond motifs is 1. The molecule has 0 unspecified atom stereocenters. The van der Waals surface area contributed by atoms with Gasteiger partial charge in [0, 0.05) is 50.6 Å². The zero-order valence-electron chi connectivity index (χ0n) is 22.9. The molecule has 2 aliphatic heterocycles. The summed E-state index contributed by atoms with van der Waals surface area (Å²) < 4.78 is 46.4. The number of carbonyl (C=O) groups is 2. The molecule has 0 bridgehead atoms. The number of ether oxygens (including phenoxy) is 1. The van der Waals surface area contributed by atoms with Crippen LogP contribution in [0, 0.1) is 5.92 Å². The Morgan fingerprint density at radius 1 is 1.18 bits per heavy atom. The fraction of sp³-hybridized carbons (Fsp3) is 0.552. The minimum Gasteiger partial charge on any atom is -0.383 e. The van der Waals surface area contributed by atoms with Gasteiger partial charge in [0.1, 0.15) is 5.69 Å². The molecule has 3 heterocycles. The van der Waals surface area contributed by atoms with Crippen LogP contribution in [0.25, 0.3) is 0 Å². The van der Waals surface area contributed by atoms with E-state index in [1.807, 2.05) is 30.1 Å². The highest BCUT2D eigenvalue weighted by Crippen LogP contribution is 2.35. The number of likely N-dealkylation sites (tertiary alicyclic amines) is 1. The lowest BCUT2D eigenvalue weighted by Gasteiger charge is -2.43. The van der Waals surface area contributed by atoms with Crippen LogP contribution in [0.1, 0.15) is 52.9 Å². The summed E-state index contributed by atoms with van der Waals surface area (Å²) in [5, 5.41) is 0.656. The van der Waals surface area contributed by atoms with Crippen molar-refractivity contribution in [1.29, 1.82) is 0 Å². The molecule has 0 saturated carbocycles.